The molecule has 0 radical (unpaired) electrons. The van der Waals surface area contributed by atoms with Gasteiger partial charge in [0.05, 0.1) is 23.4 Å². The summed E-state index contributed by atoms with van der Waals surface area (Å²) in [6, 6.07) is 9.31. The van der Waals surface area contributed by atoms with Gasteiger partial charge in [0, 0.05) is 25.6 Å². The molecule has 0 aromatic heterocycles. The summed E-state index contributed by atoms with van der Waals surface area (Å²) < 4.78 is 25.4. The number of hydrogen-bond donors (Lipinski definition) is 0. The van der Waals surface area contributed by atoms with E-state index in [2.05, 4.69) is 6.07 Å². The zero-order valence-electron chi connectivity index (χ0n) is 15.7. The molecule has 0 bridgehead atoms. The Morgan fingerprint density at radius 1 is 1.27 bits per heavy atom. The molecule has 0 spiro atoms. The van der Waals surface area contributed by atoms with Gasteiger partial charge in [0.25, 0.3) is 0 Å². The van der Waals surface area contributed by atoms with Crippen molar-refractivity contribution in [3.05, 3.63) is 35.4 Å². The first-order valence-electron chi connectivity index (χ1n) is 9.12. The fraction of sp³-hybridized carbons (Fsp3) is 0.579. The number of hydrogen-bond acceptors (Lipinski definition) is 4. The van der Waals surface area contributed by atoms with Gasteiger partial charge in [0.15, 0.2) is 0 Å². The lowest BCUT2D eigenvalue weighted by molar-refractivity contribution is -0.138. The van der Waals surface area contributed by atoms with Crippen molar-refractivity contribution in [2.75, 3.05) is 25.4 Å². The summed E-state index contributed by atoms with van der Waals surface area (Å²) in [5.41, 5.74) is 1.59. The predicted molar refractivity (Wildman–Crippen MR) is 101 cm³/mol. The Labute approximate surface area is 156 Å². The molecule has 1 aromatic carbocycles. The summed E-state index contributed by atoms with van der Waals surface area (Å²) in [5, 5.41) is 8.92. The van der Waals surface area contributed by atoms with Crippen molar-refractivity contribution in [2.45, 2.75) is 39.7 Å². The van der Waals surface area contributed by atoms with Gasteiger partial charge >= 0.3 is 0 Å². The second-order valence-electron chi connectivity index (χ2n) is 6.61. The normalized spacial score (nSPS) is 17.5. The molecular weight excluding hydrogens is 350 g/mol. The van der Waals surface area contributed by atoms with Crippen molar-refractivity contribution in [1.29, 1.82) is 5.26 Å². The molecular formula is C19H27N3O3S. The Hall–Kier alpha value is -1.91. The molecule has 1 unspecified atom stereocenters. The van der Waals surface area contributed by atoms with Crippen LogP contribution in [-0.4, -0.2) is 48.9 Å². The van der Waals surface area contributed by atoms with Crippen LogP contribution in [0.2, 0.25) is 0 Å². The molecule has 0 N–H and O–H groups in total. The van der Waals surface area contributed by atoms with E-state index >= 15 is 0 Å². The van der Waals surface area contributed by atoms with E-state index in [0.717, 1.165) is 5.56 Å². The van der Waals surface area contributed by atoms with E-state index in [1.807, 2.05) is 30.9 Å². The van der Waals surface area contributed by atoms with Crippen LogP contribution in [0, 0.1) is 17.2 Å². The maximum absolute atomic E-state index is 13.0. The minimum Gasteiger partial charge on any atom is -0.336 e. The second kappa shape index (κ2) is 8.65. The monoisotopic (exact) mass is 377 g/mol. The summed E-state index contributed by atoms with van der Waals surface area (Å²) in [4.78, 5) is 14.8. The molecule has 6 nitrogen and oxygen atoms in total. The van der Waals surface area contributed by atoms with Crippen LogP contribution in [0.4, 0.5) is 0 Å². The van der Waals surface area contributed by atoms with Crippen LogP contribution in [-0.2, 0) is 14.8 Å². The molecule has 1 aliphatic rings. The molecule has 1 amide bonds. The number of amides is 1. The standard InChI is InChI=1S/C19H27N3O3S/c1-4-22(15(3)17-8-6-16(14-20)7-9-17)19(23)18-10-12-21(13-11-18)26(24,25)5-2/h6-9,15,18H,4-5,10-13H2,1-3H3. The topological polar surface area (TPSA) is 81.5 Å². The number of sulfonamides is 1. The van der Waals surface area contributed by atoms with E-state index in [-0.39, 0.29) is 23.6 Å². The van der Waals surface area contributed by atoms with Crippen LogP contribution in [0.5, 0.6) is 0 Å². The first kappa shape index (κ1) is 20.4. The molecule has 0 saturated carbocycles. The molecule has 1 aliphatic heterocycles. The number of rotatable bonds is 6. The molecule has 26 heavy (non-hydrogen) atoms. The molecule has 7 heteroatoms. The van der Waals surface area contributed by atoms with Crippen molar-refractivity contribution in [3.8, 4) is 6.07 Å². The van der Waals surface area contributed by atoms with Gasteiger partial charge in [0.2, 0.25) is 15.9 Å². The summed E-state index contributed by atoms with van der Waals surface area (Å²) in [5.74, 6) is 0.0413. The zero-order valence-corrected chi connectivity index (χ0v) is 16.5. The third-order valence-electron chi connectivity index (χ3n) is 5.17. The number of piperidine rings is 1. The molecule has 1 heterocycles. The van der Waals surface area contributed by atoms with Crippen LogP contribution < -0.4 is 0 Å². The minimum atomic E-state index is -3.18. The fourth-order valence-corrected chi connectivity index (χ4v) is 4.57. The second-order valence-corrected chi connectivity index (χ2v) is 8.87. The van der Waals surface area contributed by atoms with Gasteiger partial charge in [-0.1, -0.05) is 12.1 Å². The van der Waals surface area contributed by atoms with Gasteiger partial charge in [-0.2, -0.15) is 5.26 Å². The van der Waals surface area contributed by atoms with E-state index in [4.69, 9.17) is 5.26 Å². The average molecular weight is 378 g/mol. The quantitative estimate of drug-likeness (QED) is 0.763. The number of carbonyl (C=O) groups is 1. The number of benzene rings is 1. The van der Waals surface area contributed by atoms with Crippen LogP contribution >= 0.6 is 0 Å². The van der Waals surface area contributed by atoms with E-state index in [1.165, 1.54) is 4.31 Å². The Bertz CT molecular complexity index is 760. The Kier molecular flexibility index (Phi) is 6.79. The van der Waals surface area contributed by atoms with Crippen molar-refractivity contribution in [2.24, 2.45) is 5.92 Å². The summed E-state index contributed by atoms with van der Waals surface area (Å²) in [6.07, 6.45) is 1.13. The largest absolute Gasteiger partial charge is 0.336 e. The Balaban J connectivity index is 2.05. The van der Waals surface area contributed by atoms with Gasteiger partial charge in [-0.15, -0.1) is 0 Å². The maximum Gasteiger partial charge on any atom is 0.226 e. The van der Waals surface area contributed by atoms with Gasteiger partial charge < -0.3 is 4.90 Å². The van der Waals surface area contributed by atoms with Crippen molar-refractivity contribution in [1.82, 2.24) is 9.21 Å². The molecule has 1 fully saturated rings. The highest BCUT2D eigenvalue weighted by Crippen LogP contribution is 2.27. The highest BCUT2D eigenvalue weighted by atomic mass is 32.2. The average Bonchev–Trinajstić information content (AvgIpc) is 2.68. The lowest BCUT2D eigenvalue weighted by atomic mass is 9.95. The molecule has 142 valence electrons. The minimum absolute atomic E-state index is 0.0814. The summed E-state index contributed by atoms with van der Waals surface area (Å²) >= 11 is 0. The third-order valence-corrected chi connectivity index (χ3v) is 7.06. The summed E-state index contributed by atoms with van der Waals surface area (Å²) in [7, 11) is -3.18. The van der Waals surface area contributed by atoms with Gasteiger partial charge in [0.1, 0.15) is 0 Å². The lowest BCUT2D eigenvalue weighted by Gasteiger charge is -2.35. The highest BCUT2D eigenvalue weighted by molar-refractivity contribution is 7.89. The lowest BCUT2D eigenvalue weighted by Crippen LogP contribution is -2.45. The third kappa shape index (κ3) is 4.43. The van der Waals surface area contributed by atoms with Crippen LogP contribution in [0.15, 0.2) is 24.3 Å². The highest BCUT2D eigenvalue weighted by Gasteiger charge is 2.33. The summed E-state index contributed by atoms with van der Waals surface area (Å²) in [6.45, 7) is 7.00. The van der Waals surface area contributed by atoms with Gasteiger partial charge in [-0.3, -0.25) is 4.79 Å². The van der Waals surface area contributed by atoms with E-state index in [1.54, 1.807) is 19.1 Å². The van der Waals surface area contributed by atoms with Crippen LogP contribution in [0.25, 0.3) is 0 Å². The van der Waals surface area contributed by atoms with Gasteiger partial charge in [-0.25, -0.2) is 12.7 Å². The first-order valence-corrected chi connectivity index (χ1v) is 10.7. The number of nitriles is 1. The predicted octanol–water partition coefficient (Wildman–Crippen LogP) is 2.53. The molecule has 1 aromatic rings. The fourth-order valence-electron chi connectivity index (χ4n) is 3.43. The van der Waals surface area contributed by atoms with E-state index in [0.29, 0.717) is 38.0 Å². The zero-order chi connectivity index (χ0) is 19.3. The Morgan fingerprint density at radius 3 is 2.31 bits per heavy atom. The first-order chi connectivity index (χ1) is 12.3. The SMILES string of the molecule is CCN(C(=O)C1CCN(S(=O)(=O)CC)CC1)C(C)c1ccc(C#N)cc1. The molecule has 0 aliphatic carbocycles. The molecule has 1 saturated heterocycles. The van der Waals surface area contributed by atoms with Crippen LogP contribution in [0.1, 0.15) is 50.8 Å². The maximum atomic E-state index is 13.0. The van der Waals surface area contributed by atoms with Gasteiger partial charge in [-0.05, 0) is 51.3 Å². The van der Waals surface area contributed by atoms with Crippen molar-refractivity contribution < 1.29 is 13.2 Å². The van der Waals surface area contributed by atoms with Crippen molar-refractivity contribution >= 4 is 15.9 Å². The molecule has 1 atom stereocenters. The number of nitrogens with zero attached hydrogens (tertiary/aromatic N) is 3. The van der Waals surface area contributed by atoms with Crippen molar-refractivity contribution in [3.63, 3.8) is 0 Å². The molecule has 2 rings (SSSR count). The Morgan fingerprint density at radius 2 is 1.85 bits per heavy atom. The van der Waals surface area contributed by atoms with E-state index in [9.17, 15) is 13.2 Å². The number of carbonyl (C=O) groups excluding carboxylic acids is 1. The van der Waals surface area contributed by atoms with Crippen LogP contribution in [0.3, 0.4) is 0 Å². The van der Waals surface area contributed by atoms with E-state index < -0.39 is 10.0 Å². The smallest absolute Gasteiger partial charge is 0.226 e.